The van der Waals surface area contributed by atoms with Gasteiger partial charge in [0.05, 0.1) is 10.8 Å². The topological polar surface area (TPSA) is 51.0 Å². The van der Waals surface area contributed by atoms with Gasteiger partial charge in [-0.3, -0.25) is 0 Å². The van der Waals surface area contributed by atoms with Crippen LogP contribution in [0.5, 0.6) is 0 Å². The van der Waals surface area contributed by atoms with Crippen LogP contribution in [0.2, 0.25) is 0 Å². The first-order valence-electron chi connectivity index (χ1n) is 5.55. The standard InChI is InChI=1S/C11H13N3OS2/c1-7-4-9(8-2-3-16-11(8)17-7)12-5-10-13-6-15-14-10/h2-3,6-7,9,12H,4-5H2,1H3/t7-,9?/m0/s1. The third kappa shape index (κ3) is 2.38. The van der Waals surface area contributed by atoms with Gasteiger partial charge in [-0.15, -0.1) is 23.1 Å². The summed E-state index contributed by atoms with van der Waals surface area (Å²) in [6.45, 7) is 2.93. The van der Waals surface area contributed by atoms with E-state index in [2.05, 4.69) is 33.8 Å². The number of thioether (sulfide) groups is 1. The fourth-order valence-corrected chi connectivity index (χ4v) is 4.59. The third-order valence-corrected chi connectivity index (χ3v) is 5.17. The molecule has 1 aliphatic heterocycles. The van der Waals surface area contributed by atoms with E-state index in [0.29, 0.717) is 23.7 Å². The summed E-state index contributed by atoms with van der Waals surface area (Å²) in [5.41, 5.74) is 1.42. The number of fused-ring (bicyclic) bond motifs is 1. The predicted molar refractivity (Wildman–Crippen MR) is 68.1 cm³/mol. The molecule has 0 fully saturated rings. The van der Waals surface area contributed by atoms with Crippen molar-refractivity contribution in [3.05, 3.63) is 29.2 Å². The first-order valence-corrected chi connectivity index (χ1v) is 7.31. The number of hydrogen-bond donors (Lipinski definition) is 1. The molecule has 3 rings (SSSR count). The van der Waals surface area contributed by atoms with Crippen molar-refractivity contribution in [1.29, 1.82) is 0 Å². The Morgan fingerprint density at radius 1 is 1.59 bits per heavy atom. The summed E-state index contributed by atoms with van der Waals surface area (Å²) < 4.78 is 6.17. The Kier molecular flexibility index (Phi) is 3.17. The molecule has 0 aromatic carbocycles. The lowest BCUT2D eigenvalue weighted by Gasteiger charge is -2.27. The van der Waals surface area contributed by atoms with Crippen LogP contribution in [-0.2, 0) is 6.54 Å². The lowest BCUT2D eigenvalue weighted by Crippen LogP contribution is -2.26. The summed E-state index contributed by atoms with van der Waals surface area (Å²) in [5, 5.41) is 10.1. The van der Waals surface area contributed by atoms with E-state index in [1.165, 1.54) is 16.2 Å². The predicted octanol–water partition coefficient (Wildman–Crippen LogP) is 2.85. The van der Waals surface area contributed by atoms with E-state index in [-0.39, 0.29) is 0 Å². The molecule has 90 valence electrons. The minimum absolute atomic E-state index is 0.408. The van der Waals surface area contributed by atoms with Gasteiger partial charge in [-0.25, -0.2) is 0 Å². The number of rotatable bonds is 3. The minimum atomic E-state index is 0.408. The highest BCUT2D eigenvalue weighted by Gasteiger charge is 2.25. The molecule has 0 saturated carbocycles. The first kappa shape index (κ1) is 11.3. The SMILES string of the molecule is C[C@H]1CC(NCc2ncon2)c2ccsc2S1. The maximum atomic E-state index is 4.73. The first-order chi connectivity index (χ1) is 8.33. The highest BCUT2D eigenvalue weighted by molar-refractivity contribution is 8.01. The largest absolute Gasteiger partial charge is 0.343 e. The molecule has 4 nitrogen and oxygen atoms in total. The Morgan fingerprint density at radius 3 is 3.35 bits per heavy atom. The van der Waals surface area contributed by atoms with Gasteiger partial charge in [-0.2, -0.15) is 4.98 Å². The maximum absolute atomic E-state index is 4.73. The van der Waals surface area contributed by atoms with E-state index in [4.69, 9.17) is 4.52 Å². The van der Waals surface area contributed by atoms with Crippen LogP contribution >= 0.6 is 23.1 Å². The zero-order chi connectivity index (χ0) is 11.7. The van der Waals surface area contributed by atoms with E-state index in [1.54, 1.807) is 0 Å². The van der Waals surface area contributed by atoms with E-state index in [9.17, 15) is 0 Å². The molecule has 0 saturated heterocycles. The van der Waals surface area contributed by atoms with Gasteiger partial charge in [0.1, 0.15) is 0 Å². The zero-order valence-electron chi connectivity index (χ0n) is 9.42. The van der Waals surface area contributed by atoms with Crippen LogP contribution in [0.3, 0.4) is 0 Å². The molecule has 3 heterocycles. The molecule has 1 aliphatic rings. The van der Waals surface area contributed by atoms with Crippen molar-refractivity contribution in [2.24, 2.45) is 0 Å². The summed E-state index contributed by atoms with van der Waals surface area (Å²) >= 11 is 3.80. The van der Waals surface area contributed by atoms with Crippen molar-refractivity contribution in [2.75, 3.05) is 0 Å². The van der Waals surface area contributed by atoms with Crippen LogP contribution in [-0.4, -0.2) is 15.4 Å². The normalized spacial score (nSPS) is 23.6. The van der Waals surface area contributed by atoms with Crippen molar-refractivity contribution in [3.8, 4) is 0 Å². The summed E-state index contributed by atoms with van der Waals surface area (Å²) in [6, 6.07) is 2.62. The van der Waals surface area contributed by atoms with Gasteiger partial charge in [-0.05, 0) is 23.4 Å². The summed E-state index contributed by atoms with van der Waals surface area (Å²) in [4.78, 5) is 4.02. The molecule has 2 aromatic heterocycles. The number of nitrogens with one attached hydrogen (secondary N) is 1. The molecule has 2 aromatic rings. The lowest BCUT2D eigenvalue weighted by molar-refractivity contribution is 0.401. The van der Waals surface area contributed by atoms with Crippen molar-refractivity contribution >= 4 is 23.1 Å². The summed E-state index contributed by atoms with van der Waals surface area (Å²) in [7, 11) is 0. The second-order valence-corrected chi connectivity index (χ2v) is 6.73. The van der Waals surface area contributed by atoms with Crippen LogP contribution in [0.4, 0.5) is 0 Å². The smallest absolute Gasteiger partial charge is 0.213 e. The van der Waals surface area contributed by atoms with Crippen LogP contribution in [0.1, 0.15) is 30.8 Å². The molecule has 17 heavy (non-hydrogen) atoms. The molecule has 0 aliphatic carbocycles. The number of hydrogen-bond acceptors (Lipinski definition) is 6. The Bertz CT molecular complexity index is 483. The van der Waals surface area contributed by atoms with Gasteiger partial charge in [0.2, 0.25) is 6.39 Å². The van der Waals surface area contributed by atoms with Crippen LogP contribution < -0.4 is 5.32 Å². The van der Waals surface area contributed by atoms with Gasteiger partial charge < -0.3 is 9.84 Å². The van der Waals surface area contributed by atoms with E-state index < -0.39 is 0 Å². The van der Waals surface area contributed by atoms with E-state index >= 15 is 0 Å². The van der Waals surface area contributed by atoms with Gasteiger partial charge in [-0.1, -0.05) is 12.1 Å². The molecular formula is C11H13N3OS2. The summed E-state index contributed by atoms with van der Waals surface area (Å²) in [6.07, 6.45) is 2.51. The van der Waals surface area contributed by atoms with E-state index in [1.807, 2.05) is 23.1 Å². The molecule has 0 amide bonds. The third-order valence-electron chi connectivity index (χ3n) is 2.82. The summed E-state index contributed by atoms with van der Waals surface area (Å²) in [5.74, 6) is 0.715. The Hall–Kier alpha value is -0.850. The van der Waals surface area contributed by atoms with Crippen LogP contribution in [0.25, 0.3) is 0 Å². The fraction of sp³-hybridized carbons (Fsp3) is 0.455. The van der Waals surface area contributed by atoms with Crippen LogP contribution in [0.15, 0.2) is 26.6 Å². The molecule has 0 spiro atoms. The lowest BCUT2D eigenvalue weighted by atomic mass is 10.1. The molecule has 2 atom stereocenters. The molecule has 6 heteroatoms. The van der Waals surface area contributed by atoms with Gasteiger partial charge in [0.15, 0.2) is 5.82 Å². The van der Waals surface area contributed by atoms with Gasteiger partial charge in [0, 0.05) is 11.3 Å². The second-order valence-electron chi connectivity index (χ2n) is 4.11. The second kappa shape index (κ2) is 4.80. The number of nitrogens with zero attached hydrogens (tertiary/aromatic N) is 2. The highest BCUT2D eigenvalue weighted by atomic mass is 32.2. The molecule has 1 N–H and O–H groups in total. The average Bonchev–Trinajstić information content (AvgIpc) is 2.95. The number of aromatic nitrogens is 2. The van der Waals surface area contributed by atoms with E-state index in [0.717, 1.165) is 6.42 Å². The highest BCUT2D eigenvalue weighted by Crippen LogP contribution is 2.43. The molecule has 0 radical (unpaired) electrons. The van der Waals surface area contributed by atoms with Crippen molar-refractivity contribution < 1.29 is 4.52 Å². The van der Waals surface area contributed by atoms with Gasteiger partial charge >= 0.3 is 0 Å². The fourth-order valence-electron chi connectivity index (χ4n) is 2.03. The quantitative estimate of drug-likeness (QED) is 0.926. The van der Waals surface area contributed by atoms with Crippen molar-refractivity contribution in [3.63, 3.8) is 0 Å². The maximum Gasteiger partial charge on any atom is 0.213 e. The zero-order valence-corrected chi connectivity index (χ0v) is 11.1. The average molecular weight is 267 g/mol. The van der Waals surface area contributed by atoms with Gasteiger partial charge in [0.25, 0.3) is 0 Å². The van der Waals surface area contributed by atoms with Crippen molar-refractivity contribution in [2.45, 2.75) is 35.4 Å². The Labute approximate surface area is 108 Å². The monoisotopic (exact) mass is 267 g/mol. The minimum Gasteiger partial charge on any atom is -0.343 e. The van der Waals surface area contributed by atoms with Crippen molar-refractivity contribution in [1.82, 2.24) is 15.5 Å². The van der Waals surface area contributed by atoms with Crippen LogP contribution in [0, 0.1) is 0 Å². The molecule has 1 unspecified atom stereocenters. The Morgan fingerprint density at radius 2 is 2.53 bits per heavy atom. The number of thiophene rings is 1. The Balaban J connectivity index is 1.71. The molecular weight excluding hydrogens is 254 g/mol. The molecule has 0 bridgehead atoms.